The Bertz CT molecular complexity index is 512. The van der Waals surface area contributed by atoms with Crippen LogP contribution in [-0.2, 0) is 7.05 Å². The monoisotopic (exact) mass is 230 g/mol. The Labute approximate surface area is 101 Å². The molecule has 0 bridgehead atoms. The number of rotatable bonds is 2. The second-order valence-corrected chi connectivity index (χ2v) is 4.71. The summed E-state index contributed by atoms with van der Waals surface area (Å²) in [5, 5.41) is 4.62. The lowest BCUT2D eigenvalue weighted by molar-refractivity contribution is 0.162. The minimum absolute atomic E-state index is 0.369. The highest BCUT2D eigenvalue weighted by atomic mass is 16.5. The van der Waals surface area contributed by atoms with Gasteiger partial charge in [0.05, 0.1) is 5.52 Å². The van der Waals surface area contributed by atoms with Crippen LogP contribution in [0.5, 0.6) is 5.75 Å². The van der Waals surface area contributed by atoms with E-state index < -0.39 is 0 Å². The van der Waals surface area contributed by atoms with Crippen LogP contribution in [0.15, 0.2) is 30.5 Å². The number of hydrogen-bond acceptors (Lipinski definition) is 2. The summed E-state index contributed by atoms with van der Waals surface area (Å²) >= 11 is 0. The van der Waals surface area contributed by atoms with Crippen LogP contribution >= 0.6 is 0 Å². The summed E-state index contributed by atoms with van der Waals surface area (Å²) in [4.78, 5) is 0. The zero-order valence-electron chi connectivity index (χ0n) is 10.1. The first-order chi connectivity index (χ1) is 8.33. The van der Waals surface area contributed by atoms with Gasteiger partial charge in [0, 0.05) is 19.3 Å². The van der Waals surface area contributed by atoms with Crippen molar-refractivity contribution in [2.24, 2.45) is 7.05 Å². The van der Waals surface area contributed by atoms with E-state index in [-0.39, 0.29) is 0 Å². The summed E-state index contributed by atoms with van der Waals surface area (Å²) in [6.45, 7) is 2.13. The van der Waals surface area contributed by atoms with Crippen molar-refractivity contribution >= 4 is 10.9 Å². The number of hydrogen-bond donors (Lipinski definition) is 1. The molecular weight excluding hydrogens is 212 g/mol. The second-order valence-electron chi connectivity index (χ2n) is 4.71. The van der Waals surface area contributed by atoms with E-state index in [1.165, 1.54) is 10.9 Å². The fraction of sp³-hybridized carbons (Fsp3) is 0.429. The smallest absolute Gasteiger partial charge is 0.121 e. The average Bonchev–Trinajstić information content (AvgIpc) is 2.73. The number of nitrogens with one attached hydrogen (secondary N) is 1. The molecule has 0 atom stereocenters. The van der Waals surface area contributed by atoms with Gasteiger partial charge in [-0.3, -0.25) is 0 Å². The number of fused-ring (bicyclic) bond motifs is 1. The minimum atomic E-state index is 0.369. The van der Waals surface area contributed by atoms with Crippen LogP contribution in [0.1, 0.15) is 12.8 Å². The number of aromatic nitrogens is 1. The SMILES string of the molecule is Cn1ccc2ccc(OC3CCNCC3)cc21. The van der Waals surface area contributed by atoms with Gasteiger partial charge in [-0.05, 0) is 49.5 Å². The van der Waals surface area contributed by atoms with E-state index in [9.17, 15) is 0 Å². The van der Waals surface area contributed by atoms with Crippen LogP contribution in [0, 0.1) is 0 Å². The maximum Gasteiger partial charge on any atom is 0.121 e. The molecule has 2 heterocycles. The van der Waals surface area contributed by atoms with Crippen molar-refractivity contribution in [1.29, 1.82) is 0 Å². The molecule has 0 unspecified atom stereocenters. The topological polar surface area (TPSA) is 26.2 Å². The van der Waals surface area contributed by atoms with Gasteiger partial charge < -0.3 is 14.6 Å². The van der Waals surface area contributed by atoms with Gasteiger partial charge in [0.15, 0.2) is 0 Å². The molecule has 0 radical (unpaired) electrons. The van der Waals surface area contributed by atoms with Gasteiger partial charge >= 0.3 is 0 Å². The molecule has 17 heavy (non-hydrogen) atoms. The first kappa shape index (κ1) is 10.7. The summed E-state index contributed by atoms with van der Waals surface area (Å²) < 4.78 is 8.16. The van der Waals surface area contributed by atoms with Crippen LogP contribution < -0.4 is 10.1 Å². The van der Waals surface area contributed by atoms with Crippen LogP contribution in [-0.4, -0.2) is 23.8 Å². The third-order valence-electron chi connectivity index (χ3n) is 3.45. The lowest BCUT2D eigenvalue weighted by atomic mass is 10.1. The molecular formula is C14H18N2O. The molecule has 3 rings (SSSR count). The van der Waals surface area contributed by atoms with Gasteiger partial charge in [0.2, 0.25) is 0 Å². The molecule has 3 heteroatoms. The summed E-state index contributed by atoms with van der Waals surface area (Å²) in [6.07, 6.45) is 4.66. The largest absolute Gasteiger partial charge is 0.490 e. The molecule has 0 aliphatic carbocycles. The number of aryl methyl sites for hydroxylation is 1. The van der Waals surface area contributed by atoms with E-state index in [1.807, 2.05) is 0 Å². The molecule has 3 nitrogen and oxygen atoms in total. The molecule has 0 saturated carbocycles. The van der Waals surface area contributed by atoms with Gasteiger partial charge in [0.1, 0.15) is 11.9 Å². The second kappa shape index (κ2) is 4.41. The Balaban J connectivity index is 1.82. The van der Waals surface area contributed by atoms with Crippen LogP contribution in [0.3, 0.4) is 0 Å². The maximum absolute atomic E-state index is 6.03. The van der Waals surface area contributed by atoms with Crippen molar-refractivity contribution in [2.75, 3.05) is 13.1 Å². The molecule has 1 aliphatic heterocycles. The van der Waals surface area contributed by atoms with Crippen molar-refractivity contribution in [3.05, 3.63) is 30.5 Å². The minimum Gasteiger partial charge on any atom is -0.490 e. The normalized spacial score (nSPS) is 17.5. The van der Waals surface area contributed by atoms with E-state index in [1.54, 1.807) is 0 Å². The van der Waals surface area contributed by atoms with E-state index >= 15 is 0 Å². The quantitative estimate of drug-likeness (QED) is 0.856. The molecule has 2 aromatic rings. The highest BCUT2D eigenvalue weighted by Crippen LogP contribution is 2.23. The first-order valence-electron chi connectivity index (χ1n) is 6.25. The number of ether oxygens (including phenoxy) is 1. The van der Waals surface area contributed by atoms with Gasteiger partial charge in [-0.25, -0.2) is 0 Å². The standard InChI is InChI=1S/C14H18N2O/c1-16-9-6-11-2-3-13(10-14(11)16)17-12-4-7-15-8-5-12/h2-3,6,9-10,12,15H,4-5,7-8H2,1H3. The number of piperidine rings is 1. The highest BCUT2D eigenvalue weighted by Gasteiger charge is 2.14. The van der Waals surface area contributed by atoms with E-state index in [2.05, 4.69) is 47.4 Å². The molecule has 1 aliphatic rings. The maximum atomic E-state index is 6.03. The first-order valence-corrected chi connectivity index (χ1v) is 6.25. The van der Waals surface area contributed by atoms with Gasteiger partial charge in [-0.2, -0.15) is 0 Å². The Morgan fingerprint density at radius 2 is 2.06 bits per heavy atom. The fourth-order valence-corrected chi connectivity index (χ4v) is 2.42. The van der Waals surface area contributed by atoms with Crippen molar-refractivity contribution in [3.63, 3.8) is 0 Å². The lowest BCUT2D eigenvalue weighted by Crippen LogP contribution is -2.34. The van der Waals surface area contributed by atoms with Crippen molar-refractivity contribution in [1.82, 2.24) is 9.88 Å². The van der Waals surface area contributed by atoms with Gasteiger partial charge in [-0.15, -0.1) is 0 Å². The molecule has 1 fully saturated rings. The Kier molecular flexibility index (Phi) is 2.77. The summed E-state index contributed by atoms with van der Waals surface area (Å²) in [7, 11) is 2.07. The summed E-state index contributed by atoms with van der Waals surface area (Å²) in [5.74, 6) is 0.992. The molecule has 0 amide bonds. The molecule has 1 aromatic carbocycles. The van der Waals surface area contributed by atoms with Crippen molar-refractivity contribution < 1.29 is 4.74 Å². The van der Waals surface area contributed by atoms with E-state index in [0.717, 1.165) is 31.7 Å². The predicted molar refractivity (Wildman–Crippen MR) is 69.4 cm³/mol. The third-order valence-corrected chi connectivity index (χ3v) is 3.45. The zero-order chi connectivity index (χ0) is 11.7. The summed E-state index contributed by atoms with van der Waals surface area (Å²) in [6, 6.07) is 8.47. The molecule has 1 saturated heterocycles. The third kappa shape index (κ3) is 2.15. The van der Waals surface area contributed by atoms with E-state index in [0.29, 0.717) is 6.10 Å². The fourth-order valence-electron chi connectivity index (χ4n) is 2.42. The van der Waals surface area contributed by atoms with Crippen LogP contribution in [0.4, 0.5) is 0 Å². The highest BCUT2D eigenvalue weighted by molar-refractivity contribution is 5.81. The summed E-state index contributed by atoms with van der Waals surface area (Å²) in [5.41, 5.74) is 1.23. The van der Waals surface area contributed by atoms with Gasteiger partial charge in [-0.1, -0.05) is 0 Å². The van der Waals surface area contributed by atoms with E-state index in [4.69, 9.17) is 4.74 Å². The van der Waals surface area contributed by atoms with Crippen molar-refractivity contribution in [3.8, 4) is 5.75 Å². The van der Waals surface area contributed by atoms with Gasteiger partial charge in [0.25, 0.3) is 0 Å². The molecule has 1 aromatic heterocycles. The Morgan fingerprint density at radius 3 is 2.88 bits per heavy atom. The predicted octanol–water partition coefficient (Wildman–Crippen LogP) is 2.31. The van der Waals surface area contributed by atoms with Crippen LogP contribution in [0.25, 0.3) is 10.9 Å². The number of nitrogens with zero attached hydrogens (tertiary/aromatic N) is 1. The molecule has 1 N–H and O–H groups in total. The molecule has 90 valence electrons. The lowest BCUT2D eigenvalue weighted by Gasteiger charge is -2.23. The molecule has 0 spiro atoms. The van der Waals surface area contributed by atoms with Crippen LogP contribution in [0.2, 0.25) is 0 Å². The Morgan fingerprint density at radius 1 is 1.24 bits per heavy atom. The van der Waals surface area contributed by atoms with Crippen molar-refractivity contribution in [2.45, 2.75) is 18.9 Å². The number of benzene rings is 1. The Hall–Kier alpha value is -1.48. The zero-order valence-corrected chi connectivity index (χ0v) is 10.1. The average molecular weight is 230 g/mol.